The number of nitrogens with zero attached hydrogens (tertiary/aromatic N) is 2. The molecule has 0 saturated carbocycles. The SMILES string of the molecule is CN=C(NCCS(=O)C(C)(C)C)NC1CN(C(=O)OC(C)(C)C)C1.I. The van der Waals surface area contributed by atoms with Gasteiger partial charge in [0.2, 0.25) is 0 Å². The average molecular weight is 488 g/mol. The van der Waals surface area contributed by atoms with Crippen molar-refractivity contribution in [3.63, 3.8) is 0 Å². The van der Waals surface area contributed by atoms with Gasteiger partial charge >= 0.3 is 6.09 Å². The van der Waals surface area contributed by atoms with Gasteiger partial charge in [-0.2, -0.15) is 0 Å². The number of hydrogen-bond donors (Lipinski definition) is 2. The average Bonchev–Trinajstić information content (AvgIpc) is 2.36. The molecule has 1 rings (SSSR count). The zero-order valence-corrected chi connectivity index (χ0v) is 19.5. The maximum atomic E-state index is 12.0. The second-order valence-corrected chi connectivity index (χ2v) is 10.2. The molecule has 0 aromatic heterocycles. The van der Waals surface area contributed by atoms with Crippen LogP contribution in [0, 0.1) is 0 Å². The van der Waals surface area contributed by atoms with Gasteiger partial charge < -0.3 is 20.3 Å². The number of carbonyl (C=O) groups is 1. The number of likely N-dealkylation sites (tertiary alicyclic amines) is 1. The minimum absolute atomic E-state index is 0. The second-order valence-electron chi connectivity index (χ2n) is 7.89. The monoisotopic (exact) mass is 488 g/mol. The Hall–Kier alpha value is -0.580. The molecule has 0 bridgehead atoms. The number of carbonyl (C=O) groups excluding carboxylic acids is 1. The fourth-order valence-electron chi connectivity index (χ4n) is 2.00. The van der Waals surface area contributed by atoms with Crippen molar-refractivity contribution in [1.29, 1.82) is 0 Å². The fraction of sp³-hybridized carbons (Fsp3) is 0.875. The van der Waals surface area contributed by atoms with Gasteiger partial charge in [0, 0.05) is 48.0 Å². The third-order valence-corrected chi connectivity index (χ3v) is 5.30. The number of ether oxygens (including phenoxy) is 1. The van der Waals surface area contributed by atoms with Gasteiger partial charge in [0.05, 0.1) is 6.04 Å². The lowest BCUT2D eigenvalue weighted by Gasteiger charge is -2.40. The van der Waals surface area contributed by atoms with Crippen LogP contribution in [0.3, 0.4) is 0 Å². The topological polar surface area (TPSA) is 83.0 Å². The first-order chi connectivity index (χ1) is 10.9. The Labute approximate surface area is 171 Å². The van der Waals surface area contributed by atoms with Gasteiger partial charge in [-0.3, -0.25) is 9.20 Å². The molecule has 1 aliphatic heterocycles. The summed E-state index contributed by atoms with van der Waals surface area (Å²) in [6, 6.07) is 0.150. The highest BCUT2D eigenvalue weighted by atomic mass is 127. The highest BCUT2D eigenvalue weighted by Gasteiger charge is 2.34. The van der Waals surface area contributed by atoms with E-state index in [-0.39, 0.29) is 40.9 Å². The van der Waals surface area contributed by atoms with Gasteiger partial charge in [-0.1, -0.05) is 0 Å². The van der Waals surface area contributed by atoms with Gasteiger partial charge in [-0.15, -0.1) is 24.0 Å². The molecule has 25 heavy (non-hydrogen) atoms. The summed E-state index contributed by atoms with van der Waals surface area (Å²) in [5.74, 6) is 1.23. The van der Waals surface area contributed by atoms with Crippen LogP contribution in [-0.2, 0) is 15.5 Å². The van der Waals surface area contributed by atoms with E-state index in [0.29, 0.717) is 31.3 Å². The lowest BCUT2D eigenvalue weighted by molar-refractivity contribution is 0.00701. The first-order valence-electron chi connectivity index (χ1n) is 8.26. The molecule has 0 aromatic rings. The first kappa shape index (κ1) is 24.4. The van der Waals surface area contributed by atoms with E-state index in [2.05, 4.69) is 15.6 Å². The molecule has 0 aromatic carbocycles. The number of hydrogen-bond acceptors (Lipinski definition) is 4. The molecule has 0 spiro atoms. The van der Waals surface area contributed by atoms with Crippen molar-refractivity contribution in [3.05, 3.63) is 0 Å². The Bertz CT molecular complexity index is 495. The highest BCUT2D eigenvalue weighted by Crippen LogP contribution is 2.15. The molecule has 1 saturated heterocycles. The number of rotatable bonds is 4. The second kappa shape index (κ2) is 9.94. The predicted octanol–water partition coefficient (Wildman–Crippen LogP) is 1.94. The number of amides is 1. The van der Waals surface area contributed by atoms with Crippen LogP contribution in [0.1, 0.15) is 41.5 Å². The Morgan fingerprint density at radius 3 is 2.24 bits per heavy atom. The van der Waals surface area contributed by atoms with Crippen molar-refractivity contribution in [2.45, 2.75) is 57.9 Å². The van der Waals surface area contributed by atoms with Crippen molar-refractivity contribution < 1.29 is 13.7 Å². The fourth-order valence-corrected chi connectivity index (χ4v) is 2.90. The van der Waals surface area contributed by atoms with E-state index in [1.807, 2.05) is 41.5 Å². The third-order valence-electron chi connectivity index (χ3n) is 3.36. The zero-order valence-electron chi connectivity index (χ0n) is 16.3. The van der Waals surface area contributed by atoms with Gasteiger partial charge in [0.15, 0.2) is 5.96 Å². The van der Waals surface area contributed by atoms with E-state index < -0.39 is 16.4 Å². The summed E-state index contributed by atoms with van der Waals surface area (Å²) in [5.41, 5.74) is -0.476. The molecule has 1 amide bonds. The summed E-state index contributed by atoms with van der Waals surface area (Å²) < 4.78 is 17.1. The van der Waals surface area contributed by atoms with E-state index in [1.54, 1.807) is 11.9 Å². The molecule has 1 unspecified atom stereocenters. The molecular formula is C16H33IN4O3S. The maximum absolute atomic E-state index is 12.0. The van der Waals surface area contributed by atoms with E-state index in [1.165, 1.54) is 0 Å². The quantitative estimate of drug-likeness (QED) is 0.359. The minimum atomic E-state index is -0.893. The lowest BCUT2D eigenvalue weighted by Crippen LogP contribution is -2.63. The Kier molecular flexibility index (Phi) is 9.71. The summed E-state index contributed by atoms with van der Waals surface area (Å²) in [5, 5.41) is 6.42. The molecule has 7 nitrogen and oxygen atoms in total. The van der Waals surface area contributed by atoms with Crippen LogP contribution in [0.15, 0.2) is 4.99 Å². The number of halogens is 1. The van der Waals surface area contributed by atoms with Gasteiger partial charge in [0.1, 0.15) is 5.60 Å². The summed E-state index contributed by atoms with van der Waals surface area (Å²) >= 11 is 0. The van der Waals surface area contributed by atoms with Crippen molar-refractivity contribution >= 4 is 46.8 Å². The molecule has 1 heterocycles. The molecule has 148 valence electrons. The summed E-state index contributed by atoms with van der Waals surface area (Å²) in [7, 11) is 0.802. The van der Waals surface area contributed by atoms with Crippen LogP contribution >= 0.6 is 24.0 Å². The van der Waals surface area contributed by atoms with Gasteiger partial charge in [0.25, 0.3) is 0 Å². The Morgan fingerprint density at radius 1 is 1.24 bits per heavy atom. The molecule has 1 fully saturated rings. The van der Waals surface area contributed by atoms with Crippen LogP contribution in [0.4, 0.5) is 4.79 Å². The Balaban J connectivity index is 0.00000576. The van der Waals surface area contributed by atoms with Crippen LogP contribution in [0.5, 0.6) is 0 Å². The van der Waals surface area contributed by atoms with Crippen molar-refractivity contribution in [2.24, 2.45) is 4.99 Å². The minimum Gasteiger partial charge on any atom is -0.444 e. The molecule has 0 radical (unpaired) electrons. The molecule has 0 aliphatic carbocycles. The number of nitrogens with one attached hydrogen (secondary N) is 2. The highest BCUT2D eigenvalue weighted by molar-refractivity contribution is 14.0. The molecule has 1 aliphatic rings. The van der Waals surface area contributed by atoms with E-state index in [4.69, 9.17) is 4.74 Å². The predicted molar refractivity (Wildman–Crippen MR) is 114 cm³/mol. The van der Waals surface area contributed by atoms with Crippen molar-refractivity contribution in [1.82, 2.24) is 15.5 Å². The molecule has 1 atom stereocenters. The summed E-state index contributed by atoms with van der Waals surface area (Å²) in [6.07, 6.45) is -0.288. The standard InChI is InChI=1S/C16H32N4O3S.HI/c1-15(2,3)23-14(21)20-10-12(11-20)19-13(17-7)18-8-9-24(22)16(4,5)6;/h12H,8-11H2,1-7H3,(H2,17,18,19);1H. The van der Waals surface area contributed by atoms with Crippen LogP contribution in [-0.4, -0.2) is 70.0 Å². The Morgan fingerprint density at radius 2 is 1.80 bits per heavy atom. The zero-order chi connectivity index (χ0) is 18.5. The van der Waals surface area contributed by atoms with E-state index >= 15 is 0 Å². The first-order valence-corrected chi connectivity index (χ1v) is 9.58. The van der Waals surface area contributed by atoms with Crippen molar-refractivity contribution in [2.75, 3.05) is 32.4 Å². The normalized spacial score (nSPS) is 17.2. The van der Waals surface area contributed by atoms with Crippen LogP contribution in [0.2, 0.25) is 0 Å². The largest absolute Gasteiger partial charge is 0.444 e. The van der Waals surface area contributed by atoms with Crippen LogP contribution in [0.25, 0.3) is 0 Å². The molecular weight excluding hydrogens is 455 g/mol. The maximum Gasteiger partial charge on any atom is 0.410 e. The number of aliphatic imine (C=N–C) groups is 1. The third kappa shape index (κ3) is 9.07. The van der Waals surface area contributed by atoms with Crippen molar-refractivity contribution in [3.8, 4) is 0 Å². The number of guanidine groups is 1. The van der Waals surface area contributed by atoms with Crippen LogP contribution < -0.4 is 10.6 Å². The molecule has 2 N–H and O–H groups in total. The van der Waals surface area contributed by atoms with Gasteiger partial charge in [-0.25, -0.2) is 4.79 Å². The molecule has 9 heteroatoms. The van der Waals surface area contributed by atoms with Gasteiger partial charge in [-0.05, 0) is 41.5 Å². The smallest absolute Gasteiger partial charge is 0.410 e. The van der Waals surface area contributed by atoms with E-state index in [0.717, 1.165) is 0 Å². The lowest BCUT2D eigenvalue weighted by atomic mass is 10.1. The van der Waals surface area contributed by atoms with E-state index in [9.17, 15) is 9.00 Å². The summed E-state index contributed by atoms with van der Waals surface area (Å²) in [6.45, 7) is 13.2. The summed E-state index contributed by atoms with van der Waals surface area (Å²) in [4.78, 5) is 17.7.